The van der Waals surface area contributed by atoms with Crippen molar-refractivity contribution in [3.8, 4) is 0 Å². The maximum Gasteiger partial charge on any atom is 0.270 e. The van der Waals surface area contributed by atoms with E-state index in [9.17, 15) is 9.59 Å². The van der Waals surface area contributed by atoms with Gasteiger partial charge >= 0.3 is 0 Å². The summed E-state index contributed by atoms with van der Waals surface area (Å²) in [5, 5.41) is 2.78. The Morgan fingerprint density at radius 1 is 0.879 bits per heavy atom. The molecule has 0 bridgehead atoms. The average molecular weight is 442 g/mol. The molecule has 2 heterocycles. The maximum absolute atomic E-state index is 13.3. The van der Waals surface area contributed by atoms with Crippen LogP contribution in [0.1, 0.15) is 21.7 Å². The first-order chi connectivity index (χ1) is 16.2. The number of nitrogens with zero attached hydrogens (tertiary/aromatic N) is 2. The first-order valence-electron chi connectivity index (χ1n) is 11.0. The molecular weight excluding hydrogens is 414 g/mol. The van der Waals surface area contributed by atoms with Crippen LogP contribution in [0.3, 0.4) is 0 Å². The number of hydrogen-bond acceptors (Lipinski definition) is 4. The van der Waals surface area contributed by atoms with Gasteiger partial charge in [-0.2, -0.15) is 0 Å². The predicted molar refractivity (Wildman–Crippen MR) is 129 cm³/mol. The SMILES string of the molecule is O=C(N/C(=C\c1ccco1)C(=O)N1CCN(C/C=C/c2ccccc2)CC1)c1ccccc1. The van der Waals surface area contributed by atoms with Gasteiger partial charge in [0.15, 0.2) is 0 Å². The number of nitrogens with one attached hydrogen (secondary N) is 1. The number of benzene rings is 2. The van der Waals surface area contributed by atoms with Gasteiger partial charge in [-0.1, -0.05) is 60.7 Å². The first-order valence-corrected chi connectivity index (χ1v) is 11.0. The van der Waals surface area contributed by atoms with Crippen molar-refractivity contribution in [3.05, 3.63) is 108 Å². The molecule has 1 aromatic heterocycles. The van der Waals surface area contributed by atoms with Crippen molar-refractivity contribution < 1.29 is 14.0 Å². The van der Waals surface area contributed by atoms with Gasteiger partial charge in [0.2, 0.25) is 0 Å². The molecule has 1 fully saturated rings. The zero-order valence-corrected chi connectivity index (χ0v) is 18.4. The molecule has 0 aliphatic carbocycles. The zero-order valence-electron chi connectivity index (χ0n) is 18.4. The maximum atomic E-state index is 13.3. The minimum atomic E-state index is -0.327. The van der Waals surface area contributed by atoms with E-state index in [2.05, 4.69) is 34.5 Å². The van der Waals surface area contributed by atoms with Crippen LogP contribution in [0, 0.1) is 0 Å². The van der Waals surface area contributed by atoms with Crippen LogP contribution in [0.5, 0.6) is 0 Å². The Bertz CT molecular complexity index is 1100. The van der Waals surface area contributed by atoms with Crippen LogP contribution >= 0.6 is 0 Å². The van der Waals surface area contributed by atoms with Crippen LogP contribution in [0.4, 0.5) is 0 Å². The highest BCUT2D eigenvalue weighted by atomic mass is 16.3. The van der Waals surface area contributed by atoms with Crippen molar-refractivity contribution in [3.63, 3.8) is 0 Å². The lowest BCUT2D eigenvalue weighted by Crippen LogP contribution is -2.50. The first kappa shape index (κ1) is 22.3. The summed E-state index contributed by atoms with van der Waals surface area (Å²) >= 11 is 0. The second kappa shape index (κ2) is 11.1. The van der Waals surface area contributed by atoms with E-state index in [1.807, 2.05) is 24.3 Å². The Kier molecular flexibility index (Phi) is 7.51. The van der Waals surface area contributed by atoms with Crippen LogP contribution in [0.2, 0.25) is 0 Å². The van der Waals surface area contributed by atoms with Crippen molar-refractivity contribution in [1.29, 1.82) is 0 Å². The summed E-state index contributed by atoms with van der Waals surface area (Å²) in [5.74, 6) is -0.0296. The summed E-state index contributed by atoms with van der Waals surface area (Å²) in [5.41, 5.74) is 1.87. The Labute approximate surface area is 193 Å². The zero-order chi connectivity index (χ0) is 22.9. The summed E-state index contributed by atoms with van der Waals surface area (Å²) in [4.78, 5) is 30.0. The Balaban J connectivity index is 1.37. The smallest absolute Gasteiger partial charge is 0.270 e. The Hall–Kier alpha value is -3.90. The summed E-state index contributed by atoms with van der Waals surface area (Å²) < 4.78 is 5.37. The topological polar surface area (TPSA) is 65.8 Å². The fraction of sp³-hybridized carbons (Fsp3) is 0.185. The number of piperazine rings is 1. The standard InChI is InChI=1S/C27H27N3O3/c31-26(23-12-5-2-6-13-23)28-25(21-24-14-8-20-33-24)27(32)30-18-16-29(17-19-30)15-7-11-22-9-3-1-4-10-22/h1-14,20-21H,15-19H2,(H,28,31)/b11-7+,25-21-. The molecule has 3 aromatic rings. The molecule has 2 amide bonds. The lowest BCUT2D eigenvalue weighted by molar-refractivity contribution is -0.129. The van der Waals surface area contributed by atoms with E-state index >= 15 is 0 Å². The van der Waals surface area contributed by atoms with E-state index in [4.69, 9.17) is 4.42 Å². The minimum Gasteiger partial charge on any atom is -0.465 e. The summed E-state index contributed by atoms with van der Waals surface area (Å²) in [7, 11) is 0. The number of carbonyl (C=O) groups excluding carboxylic acids is 2. The molecule has 1 aliphatic heterocycles. The number of hydrogen-bond donors (Lipinski definition) is 1. The van der Waals surface area contributed by atoms with E-state index in [-0.39, 0.29) is 17.5 Å². The largest absolute Gasteiger partial charge is 0.465 e. The summed E-state index contributed by atoms with van der Waals surface area (Å²) in [6.45, 7) is 3.55. The molecule has 0 spiro atoms. The average Bonchev–Trinajstić information content (AvgIpc) is 3.38. The van der Waals surface area contributed by atoms with Gasteiger partial charge < -0.3 is 14.6 Å². The van der Waals surface area contributed by atoms with Gasteiger partial charge in [-0.15, -0.1) is 0 Å². The molecule has 1 N–H and O–H groups in total. The molecule has 0 radical (unpaired) electrons. The van der Waals surface area contributed by atoms with E-state index in [1.165, 1.54) is 11.8 Å². The molecule has 0 saturated carbocycles. The molecule has 0 unspecified atom stereocenters. The monoisotopic (exact) mass is 441 g/mol. The number of carbonyl (C=O) groups is 2. The van der Waals surface area contributed by atoms with Crippen LogP contribution in [0.25, 0.3) is 12.2 Å². The van der Waals surface area contributed by atoms with E-state index in [0.29, 0.717) is 24.4 Å². The highest BCUT2D eigenvalue weighted by molar-refractivity contribution is 6.05. The second-order valence-electron chi connectivity index (χ2n) is 7.80. The van der Waals surface area contributed by atoms with Gasteiger partial charge in [-0.25, -0.2) is 0 Å². The van der Waals surface area contributed by atoms with Gasteiger partial charge in [-0.05, 0) is 29.8 Å². The van der Waals surface area contributed by atoms with Crippen molar-refractivity contribution in [2.75, 3.05) is 32.7 Å². The number of rotatable bonds is 7. The third-order valence-electron chi connectivity index (χ3n) is 5.48. The highest BCUT2D eigenvalue weighted by Crippen LogP contribution is 2.12. The molecule has 6 nitrogen and oxygen atoms in total. The fourth-order valence-electron chi connectivity index (χ4n) is 3.66. The van der Waals surface area contributed by atoms with Gasteiger partial charge in [-0.3, -0.25) is 14.5 Å². The Morgan fingerprint density at radius 2 is 1.58 bits per heavy atom. The normalized spacial score (nSPS) is 15.0. The van der Waals surface area contributed by atoms with E-state index in [1.54, 1.807) is 47.4 Å². The molecule has 4 rings (SSSR count). The van der Waals surface area contributed by atoms with Crippen molar-refractivity contribution >= 4 is 24.0 Å². The second-order valence-corrected chi connectivity index (χ2v) is 7.80. The lowest BCUT2D eigenvalue weighted by atomic mass is 10.2. The molecule has 168 valence electrons. The van der Waals surface area contributed by atoms with Crippen LogP contribution in [0.15, 0.2) is 95.2 Å². The van der Waals surface area contributed by atoms with Crippen molar-refractivity contribution in [2.45, 2.75) is 0 Å². The molecule has 6 heteroatoms. The minimum absolute atomic E-state index is 0.205. The molecule has 2 aromatic carbocycles. The van der Waals surface area contributed by atoms with Gasteiger partial charge in [0.25, 0.3) is 11.8 Å². The third-order valence-corrected chi connectivity index (χ3v) is 5.48. The number of amides is 2. The fourth-order valence-corrected chi connectivity index (χ4v) is 3.66. The molecule has 1 aliphatic rings. The van der Waals surface area contributed by atoms with E-state index < -0.39 is 0 Å². The van der Waals surface area contributed by atoms with Crippen LogP contribution in [-0.2, 0) is 4.79 Å². The van der Waals surface area contributed by atoms with Crippen LogP contribution in [-0.4, -0.2) is 54.3 Å². The number of furan rings is 1. The van der Waals surface area contributed by atoms with E-state index in [0.717, 1.165) is 19.6 Å². The molecule has 1 saturated heterocycles. The van der Waals surface area contributed by atoms with Crippen LogP contribution < -0.4 is 5.32 Å². The van der Waals surface area contributed by atoms with Crippen molar-refractivity contribution in [2.24, 2.45) is 0 Å². The van der Waals surface area contributed by atoms with Gasteiger partial charge in [0.05, 0.1) is 6.26 Å². The third kappa shape index (κ3) is 6.30. The highest BCUT2D eigenvalue weighted by Gasteiger charge is 2.25. The molecule has 0 atom stereocenters. The van der Waals surface area contributed by atoms with Crippen molar-refractivity contribution in [1.82, 2.24) is 15.1 Å². The lowest BCUT2D eigenvalue weighted by Gasteiger charge is -2.34. The molecule has 33 heavy (non-hydrogen) atoms. The van der Waals surface area contributed by atoms with Gasteiger partial charge in [0, 0.05) is 44.4 Å². The summed E-state index contributed by atoms with van der Waals surface area (Å²) in [6, 6.07) is 22.5. The summed E-state index contributed by atoms with van der Waals surface area (Å²) in [6.07, 6.45) is 7.38. The van der Waals surface area contributed by atoms with Gasteiger partial charge in [0.1, 0.15) is 11.5 Å². The molecular formula is C27H27N3O3. The Morgan fingerprint density at radius 3 is 2.24 bits per heavy atom. The predicted octanol–water partition coefficient (Wildman–Crippen LogP) is 3.91. The quantitative estimate of drug-likeness (QED) is 0.565.